The molecule has 0 aliphatic carbocycles. The number of fused-ring (bicyclic) bond motifs is 1. The molecule has 0 aliphatic heterocycles. The molecule has 0 unspecified atom stereocenters. The third-order valence-electron chi connectivity index (χ3n) is 4.26. The molecule has 0 aliphatic rings. The number of nitrogens with one attached hydrogen (secondary N) is 3. The quantitative estimate of drug-likeness (QED) is 0.376. The lowest BCUT2D eigenvalue weighted by Gasteiger charge is -2.12. The molecule has 1 amide bonds. The summed E-state index contributed by atoms with van der Waals surface area (Å²) in [5.74, 6) is -2.81. The first-order valence-electron chi connectivity index (χ1n) is 9.52. The van der Waals surface area contributed by atoms with Crippen molar-refractivity contribution in [1.29, 1.82) is 0 Å². The fourth-order valence-electron chi connectivity index (χ4n) is 2.82. The van der Waals surface area contributed by atoms with Crippen LogP contribution >= 0.6 is 11.3 Å². The van der Waals surface area contributed by atoms with Crippen LogP contribution < -0.4 is 15.4 Å². The summed E-state index contributed by atoms with van der Waals surface area (Å²) in [5, 5.41) is 6.75. The van der Waals surface area contributed by atoms with Gasteiger partial charge in [-0.2, -0.15) is 0 Å². The van der Waals surface area contributed by atoms with Crippen LogP contribution in [0.3, 0.4) is 0 Å². The van der Waals surface area contributed by atoms with Crippen molar-refractivity contribution in [2.24, 2.45) is 0 Å². The molecule has 2 aromatic heterocycles. The highest BCUT2D eigenvalue weighted by Gasteiger charge is 2.22. The molecule has 0 fully saturated rings. The van der Waals surface area contributed by atoms with E-state index < -0.39 is 38.9 Å². The number of aromatic nitrogens is 2. The lowest BCUT2D eigenvalue weighted by Crippen LogP contribution is -2.19. The second-order valence-electron chi connectivity index (χ2n) is 6.63. The van der Waals surface area contributed by atoms with E-state index in [1.165, 1.54) is 23.0 Å². The van der Waals surface area contributed by atoms with Crippen molar-refractivity contribution in [2.45, 2.75) is 13.3 Å². The van der Waals surface area contributed by atoms with E-state index in [9.17, 15) is 22.0 Å². The van der Waals surface area contributed by atoms with Crippen LogP contribution in [0.25, 0.3) is 10.2 Å². The lowest BCUT2D eigenvalue weighted by atomic mass is 10.2. The number of carbonyl (C=O) groups is 1. The Morgan fingerprint density at radius 1 is 1.25 bits per heavy atom. The van der Waals surface area contributed by atoms with Crippen LogP contribution in [0, 0.1) is 11.6 Å². The molecule has 0 saturated carbocycles. The van der Waals surface area contributed by atoms with Gasteiger partial charge in [-0.05, 0) is 18.6 Å². The minimum absolute atomic E-state index is 0.0953. The highest BCUT2D eigenvalue weighted by molar-refractivity contribution is 7.92. The number of thiophene rings is 1. The van der Waals surface area contributed by atoms with E-state index in [1.807, 2.05) is 0 Å². The number of nitrogens with zero attached hydrogens (tertiary/aromatic N) is 2. The number of amides is 1. The summed E-state index contributed by atoms with van der Waals surface area (Å²) in [6, 6.07) is 1.83. The minimum atomic E-state index is -3.81. The summed E-state index contributed by atoms with van der Waals surface area (Å²) in [4.78, 5) is 21.0. The first-order chi connectivity index (χ1) is 15.3. The van der Waals surface area contributed by atoms with E-state index in [1.54, 1.807) is 14.0 Å². The summed E-state index contributed by atoms with van der Waals surface area (Å²) in [7, 11) is -2.25. The van der Waals surface area contributed by atoms with E-state index in [0.29, 0.717) is 35.6 Å². The topological polar surface area (TPSA) is 122 Å². The molecule has 0 bridgehead atoms. The zero-order chi connectivity index (χ0) is 23.3. The zero-order valence-corrected chi connectivity index (χ0v) is 18.9. The number of rotatable bonds is 10. The molecule has 1 aromatic carbocycles. The van der Waals surface area contributed by atoms with Crippen LogP contribution in [0.1, 0.15) is 23.7 Å². The third-order valence-corrected chi connectivity index (χ3v) is 6.72. The SMILES string of the molecule is CCCS(=O)(=O)Nc1ccc(F)c(NC(=O)c2csc3c(NCCOC)ncnc23)c1F. The molecule has 13 heteroatoms. The number of ether oxygens (including phenoxy) is 1. The average Bonchev–Trinajstić information content (AvgIpc) is 3.18. The molecule has 3 N–H and O–H groups in total. The summed E-state index contributed by atoms with van der Waals surface area (Å²) in [6.07, 6.45) is 1.59. The molecule has 0 atom stereocenters. The van der Waals surface area contributed by atoms with Gasteiger partial charge in [0.05, 0.1) is 33.8 Å². The third kappa shape index (κ3) is 5.29. The molecular weight excluding hydrogens is 464 g/mol. The number of hydrogen-bond donors (Lipinski definition) is 3. The number of halogens is 2. The van der Waals surface area contributed by atoms with Gasteiger partial charge in [0.25, 0.3) is 5.91 Å². The summed E-state index contributed by atoms with van der Waals surface area (Å²) < 4.78 is 60.6. The maximum atomic E-state index is 14.8. The van der Waals surface area contributed by atoms with Gasteiger partial charge in [0.1, 0.15) is 23.6 Å². The number of methoxy groups -OCH3 is 1. The Kier molecular flexibility index (Phi) is 7.53. The van der Waals surface area contributed by atoms with Gasteiger partial charge in [0.15, 0.2) is 5.82 Å². The molecular formula is C19H21F2N5O4S2. The Bertz CT molecular complexity index is 1230. The van der Waals surface area contributed by atoms with Gasteiger partial charge in [-0.1, -0.05) is 6.92 Å². The van der Waals surface area contributed by atoms with Crippen LogP contribution in [0.2, 0.25) is 0 Å². The Balaban J connectivity index is 1.88. The summed E-state index contributed by atoms with van der Waals surface area (Å²) in [5.41, 5.74) is -0.822. The molecule has 9 nitrogen and oxygen atoms in total. The average molecular weight is 486 g/mol. The molecule has 2 heterocycles. The van der Waals surface area contributed by atoms with E-state index in [4.69, 9.17) is 4.74 Å². The normalized spacial score (nSPS) is 11.5. The second kappa shape index (κ2) is 10.1. The van der Waals surface area contributed by atoms with Crippen molar-refractivity contribution in [2.75, 3.05) is 41.4 Å². The fourth-order valence-corrected chi connectivity index (χ4v) is 4.92. The molecule has 0 spiro atoms. The predicted octanol–water partition coefficient (Wildman–Crippen LogP) is 3.43. The highest BCUT2D eigenvalue weighted by Crippen LogP contribution is 2.31. The van der Waals surface area contributed by atoms with Gasteiger partial charge in [0.2, 0.25) is 10.0 Å². The first-order valence-corrected chi connectivity index (χ1v) is 12.1. The Morgan fingerprint density at radius 3 is 2.75 bits per heavy atom. The largest absolute Gasteiger partial charge is 0.383 e. The maximum absolute atomic E-state index is 14.8. The van der Waals surface area contributed by atoms with Crippen LogP contribution in [-0.4, -0.2) is 50.3 Å². The minimum Gasteiger partial charge on any atom is -0.383 e. The van der Waals surface area contributed by atoms with Crippen molar-refractivity contribution in [1.82, 2.24) is 9.97 Å². The number of hydrogen-bond acceptors (Lipinski definition) is 8. The number of sulfonamides is 1. The Labute approximate surface area is 187 Å². The highest BCUT2D eigenvalue weighted by atomic mass is 32.2. The Hall–Kier alpha value is -2.90. The number of carbonyl (C=O) groups excluding carboxylic acids is 1. The number of anilines is 3. The monoisotopic (exact) mass is 485 g/mol. The van der Waals surface area contributed by atoms with Crippen LogP contribution in [0.5, 0.6) is 0 Å². The molecule has 0 saturated heterocycles. The Morgan fingerprint density at radius 2 is 2.03 bits per heavy atom. The standard InChI is InChI=1S/C19H21F2N5O4S2/c1-3-8-32(28,29)26-13-5-4-12(20)16(14(13)21)25-19(27)11-9-31-17-15(11)23-10-24-18(17)22-6-7-30-2/h4-5,9-10,26H,3,6-8H2,1-2H3,(H,25,27)(H,22,23,24). The van der Waals surface area contributed by atoms with E-state index >= 15 is 0 Å². The van der Waals surface area contributed by atoms with Gasteiger partial charge in [0, 0.05) is 19.0 Å². The van der Waals surface area contributed by atoms with Crippen LogP contribution in [-0.2, 0) is 14.8 Å². The summed E-state index contributed by atoms with van der Waals surface area (Å²) >= 11 is 1.19. The van der Waals surface area contributed by atoms with Gasteiger partial charge in [-0.25, -0.2) is 27.2 Å². The van der Waals surface area contributed by atoms with Crippen molar-refractivity contribution in [3.05, 3.63) is 41.0 Å². The molecule has 32 heavy (non-hydrogen) atoms. The lowest BCUT2D eigenvalue weighted by molar-refractivity contribution is 0.102. The van der Waals surface area contributed by atoms with E-state index in [-0.39, 0.29) is 11.3 Å². The van der Waals surface area contributed by atoms with Crippen molar-refractivity contribution >= 4 is 54.7 Å². The van der Waals surface area contributed by atoms with Gasteiger partial charge in [-0.15, -0.1) is 11.3 Å². The van der Waals surface area contributed by atoms with Crippen molar-refractivity contribution in [3.8, 4) is 0 Å². The molecule has 0 radical (unpaired) electrons. The first kappa shape index (κ1) is 23.8. The van der Waals surface area contributed by atoms with Gasteiger partial charge < -0.3 is 15.4 Å². The van der Waals surface area contributed by atoms with Crippen molar-refractivity contribution < 1.29 is 26.7 Å². The summed E-state index contributed by atoms with van der Waals surface area (Å²) in [6.45, 7) is 2.58. The van der Waals surface area contributed by atoms with E-state index in [2.05, 4.69) is 25.3 Å². The van der Waals surface area contributed by atoms with Crippen LogP contribution in [0.4, 0.5) is 26.0 Å². The van der Waals surface area contributed by atoms with Crippen molar-refractivity contribution in [3.63, 3.8) is 0 Å². The fraction of sp³-hybridized carbons (Fsp3) is 0.316. The van der Waals surface area contributed by atoms with Gasteiger partial charge >= 0.3 is 0 Å². The second-order valence-corrected chi connectivity index (χ2v) is 9.35. The molecule has 3 rings (SSSR count). The van der Waals surface area contributed by atoms with E-state index in [0.717, 1.165) is 12.1 Å². The van der Waals surface area contributed by atoms with Crippen LogP contribution in [0.15, 0.2) is 23.8 Å². The predicted molar refractivity (Wildman–Crippen MR) is 120 cm³/mol. The molecule has 172 valence electrons. The van der Waals surface area contributed by atoms with Gasteiger partial charge in [-0.3, -0.25) is 9.52 Å². The zero-order valence-electron chi connectivity index (χ0n) is 17.2. The maximum Gasteiger partial charge on any atom is 0.258 e. The smallest absolute Gasteiger partial charge is 0.258 e. The number of benzene rings is 1. The molecule has 3 aromatic rings.